The normalized spacial score (nSPS) is 17.3. The van der Waals surface area contributed by atoms with Crippen molar-refractivity contribution in [3.05, 3.63) is 29.3 Å². The molecule has 0 aliphatic carbocycles. The first-order valence-corrected chi connectivity index (χ1v) is 9.59. The van der Waals surface area contributed by atoms with Crippen molar-refractivity contribution in [2.75, 3.05) is 40.0 Å². The fraction of sp³-hybridized carbons (Fsp3) is 0.650. The summed E-state index contributed by atoms with van der Waals surface area (Å²) in [5.41, 5.74) is 2.31. The van der Waals surface area contributed by atoms with Crippen molar-refractivity contribution in [2.24, 2.45) is 4.99 Å². The van der Waals surface area contributed by atoms with Crippen LogP contribution in [-0.2, 0) is 16.0 Å². The second-order valence-corrected chi connectivity index (χ2v) is 6.46. The van der Waals surface area contributed by atoms with Crippen LogP contribution in [0.3, 0.4) is 0 Å². The van der Waals surface area contributed by atoms with Gasteiger partial charge in [-0.05, 0) is 44.7 Å². The topological polar surface area (TPSA) is 64.1 Å². The monoisotopic (exact) mass is 363 g/mol. The van der Waals surface area contributed by atoms with Crippen LogP contribution >= 0.6 is 0 Å². The predicted molar refractivity (Wildman–Crippen MR) is 105 cm³/mol. The van der Waals surface area contributed by atoms with E-state index in [-0.39, 0.29) is 6.10 Å². The van der Waals surface area contributed by atoms with E-state index in [0.717, 1.165) is 62.9 Å². The van der Waals surface area contributed by atoms with Crippen LogP contribution in [0.1, 0.15) is 37.3 Å². The van der Waals surface area contributed by atoms with Crippen molar-refractivity contribution in [2.45, 2.75) is 45.8 Å². The molecule has 1 aliphatic heterocycles. The number of guanidine groups is 1. The number of nitrogens with one attached hydrogen (secondary N) is 2. The Morgan fingerprint density at radius 2 is 2.23 bits per heavy atom. The third-order valence-corrected chi connectivity index (χ3v) is 4.30. The number of aliphatic imine (C=N–C) groups is 1. The van der Waals surface area contributed by atoms with E-state index in [0.29, 0.717) is 13.2 Å². The maximum atomic E-state index is 6.05. The molecule has 1 atom stereocenters. The fourth-order valence-corrected chi connectivity index (χ4v) is 2.83. The van der Waals surface area contributed by atoms with Crippen molar-refractivity contribution in [1.82, 2.24) is 10.6 Å². The van der Waals surface area contributed by atoms with Crippen LogP contribution in [0.5, 0.6) is 5.75 Å². The Bertz CT molecular complexity index is 557. The van der Waals surface area contributed by atoms with E-state index in [1.54, 1.807) is 7.05 Å². The molecule has 2 N–H and O–H groups in total. The first-order valence-electron chi connectivity index (χ1n) is 9.59. The molecule has 0 radical (unpaired) electrons. The summed E-state index contributed by atoms with van der Waals surface area (Å²) < 4.78 is 17.1. The van der Waals surface area contributed by atoms with E-state index in [4.69, 9.17) is 14.2 Å². The summed E-state index contributed by atoms with van der Waals surface area (Å²) in [7, 11) is 1.78. The van der Waals surface area contributed by atoms with E-state index < -0.39 is 0 Å². The van der Waals surface area contributed by atoms with Gasteiger partial charge in [0.15, 0.2) is 5.96 Å². The Kier molecular flexibility index (Phi) is 9.28. The summed E-state index contributed by atoms with van der Waals surface area (Å²) in [6.45, 7) is 8.56. The van der Waals surface area contributed by atoms with E-state index in [1.807, 2.05) is 6.92 Å². The molecule has 0 bridgehead atoms. The van der Waals surface area contributed by atoms with Gasteiger partial charge in [-0.3, -0.25) is 4.99 Å². The van der Waals surface area contributed by atoms with Crippen LogP contribution in [-0.4, -0.2) is 52.1 Å². The van der Waals surface area contributed by atoms with Gasteiger partial charge in [-0.2, -0.15) is 0 Å². The zero-order valence-electron chi connectivity index (χ0n) is 16.3. The van der Waals surface area contributed by atoms with Crippen molar-refractivity contribution in [3.63, 3.8) is 0 Å². The van der Waals surface area contributed by atoms with Crippen molar-refractivity contribution in [1.29, 1.82) is 0 Å². The molecular weight excluding hydrogens is 330 g/mol. The number of benzene rings is 1. The maximum absolute atomic E-state index is 6.05. The number of aryl methyl sites for hydroxylation is 1. The largest absolute Gasteiger partial charge is 0.491 e. The minimum atomic E-state index is 0.219. The van der Waals surface area contributed by atoms with E-state index in [1.165, 1.54) is 5.56 Å². The van der Waals surface area contributed by atoms with Gasteiger partial charge in [0.1, 0.15) is 12.4 Å². The molecule has 6 heteroatoms. The Labute approximate surface area is 157 Å². The van der Waals surface area contributed by atoms with Crippen molar-refractivity contribution >= 4 is 5.96 Å². The molecule has 0 amide bonds. The Hall–Kier alpha value is -1.79. The zero-order chi connectivity index (χ0) is 18.6. The highest BCUT2D eigenvalue weighted by Gasteiger charge is 2.17. The molecule has 146 valence electrons. The average Bonchev–Trinajstić information content (AvgIpc) is 3.17. The minimum Gasteiger partial charge on any atom is -0.491 e. The summed E-state index contributed by atoms with van der Waals surface area (Å²) in [4.78, 5) is 4.27. The van der Waals surface area contributed by atoms with Gasteiger partial charge in [0, 0.05) is 45.5 Å². The SMILES string of the molecule is CCOCCCNC(=NC)NCc1ccc(C)cc1OCC1CCCO1. The number of ether oxygens (including phenoxy) is 3. The van der Waals surface area contributed by atoms with E-state index in [2.05, 4.69) is 40.7 Å². The van der Waals surface area contributed by atoms with Gasteiger partial charge < -0.3 is 24.8 Å². The molecule has 1 fully saturated rings. The zero-order valence-corrected chi connectivity index (χ0v) is 16.3. The number of hydrogen-bond acceptors (Lipinski definition) is 4. The molecule has 1 heterocycles. The van der Waals surface area contributed by atoms with Gasteiger partial charge in [-0.15, -0.1) is 0 Å². The van der Waals surface area contributed by atoms with E-state index in [9.17, 15) is 0 Å². The quantitative estimate of drug-likeness (QED) is 0.380. The molecule has 0 aromatic heterocycles. The molecule has 1 aromatic carbocycles. The lowest BCUT2D eigenvalue weighted by molar-refractivity contribution is 0.0676. The van der Waals surface area contributed by atoms with Crippen LogP contribution in [0.4, 0.5) is 0 Å². The second kappa shape index (κ2) is 11.8. The third kappa shape index (κ3) is 7.22. The lowest BCUT2D eigenvalue weighted by Crippen LogP contribution is -2.37. The molecule has 1 unspecified atom stereocenters. The summed E-state index contributed by atoms with van der Waals surface area (Å²) in [5.74, 6) is 1.70. The van der Waals surface area contributed by atoms with E-state index >= 15 is 0 Å². The highest BCUT2D eigenvalue weighted by atomic mass is 16.5. The van der Waals surface area contributed by atoms with Crippen molar-refractivity contribution < 1.29 is 14.2 Å². The molecular formula is C20H33N3O3. The molecule has 1 aliphatic rings. The van der Waals surface area contributed by atoms with Gasteiger partial charge >= 0.3 is 0 Å². The van der Waals surface area contributed by atoms with Crippen LogP contribution in [0.15, 0.2) is 23.2 Å². The Balaban J connectivity index is 1.82. The first-order chi connectivity index (χ1) is 12.7. The highest BCUT2D eigenvalue weighted by molar-refractivity contribution is 5.79. The molecule has 0 spiro atoms. The van der Waals surface area contributed by atoms with Gasteiger partial charge in [0.05, 0.1) is 6.10 Å². The number of rotatable bonds is 10. The average molecular weight is 364 g/mol. The van der Waals surface area contributed by atoms with Gasteiger partial charge in [-0.1, -0.05) is 12.1 Å². The number of nitrogens with zero attached hydrogens (tertiary/aromatic N) is 1. The van der Waals surface area contributed by atoms with Crippen LogP contribution < -0.4 is 15.4 Å². The predicted octanol–water partition coefficient (Wildman–Crippen LogP) is 2.64. The first kappa shape index (κ1) is 20.5. The molecule has 1 saturated heterocycles. The lowest BCUT2D eigenvalue weighted by Gasteiger charge is -2.17. The maximum Gasteiger partial charge on any atom is 0.191 e. The van der Waals surface area contributed by atoms with Gasteiger partial charge in [0.25, 0.3) is 0 Å². The molecule has 1 aromatic rings. The Morgan fingerprint density at radius 3 is 2.96 bits per heavy atom. The molecule has 0 saturated carbocycles. The summed E-state index contributed by atoms with van der Waals surface area (Å²) in [6.07, 6.45) is 3.38. The molecule has 26 heavy (non-hydrogen) atoms. The Morgan fingerprint density at radius 1 is 1.35 bits per heavy atom. The summed E-state index contributed by atoms with van der Waals surface area (Å²) in [6, 6.07) is 6.30. The van der Waals surface area contributed by atoms with Crippen molar-refractivity contribution in [3.8, 4) is 5.75 Å². The molecule has 2 rings (SSSR count). The third-order valence-electron chi connectivity index (χ3n) is 4.30. The number of hydrogen-bond donors (Lipinski definition) is 2. The summed E-state index contributed by atoms with van der Waals surface area (Å²) in [5, 5.41) is 6.66. The minimum absolute atomic E-state index is 0.219. The molecule has 6 nitrogen and oxygen atoms in total. The second-order valence-electron chi connectivity index (χ2n) is 6.46. The fourth-order valence-electron chi connectivity index (χ4n) is 2.83. The lowest BCUT2D eigenvalue weighted by atomic mass is 10.1. The summed E-state index contributed by atoms with van der Waals surface area (Å²) >= 11 is 0. The smallest absolute Gasteiger partial charge is 0.191 e. The van der Waals surface area contributed by atoms with Gasteiger partial charge in [-0.25, -0.2) is 0 Å². The standard InChI is InChI=1S/C20H33N3O3/c1-4-24-11-6-10-22-20(21-3)23-14-17-9-8-16(2)13-19(17)26-15-18-7-5-12-25-18/h8-9,13,18H,4-7,10-12,14-15H2,1-3H3,(H2,21,22,23). The highest BCUT2D eigenvalue weighted by Crippen LogP contribution is 2.22. The van der Waals surface area contributed by atoms with Crippen LogP contribution in [0.2, 0.25) is 0 Å². The van der Waals surface area contributed by atoms with Gasteiger partial charge in [0.2, 0.25) is 0 Å². The van der Waals surface area contributed by atoms with Crippen LogP contribution in [0.25, 0.3) is 0 Å². The van der Waals surface area contributed by atoms with Crippen LogP contribution in [0, 0.1) is 6.92 Å².